The molecule has 0 unspecified atom stereocenters. The van der Waals surface area contributed by atoms with Crippen molar-refractivity contribution in [2.45, 2.75) is 90.4 Å². The number of hydrogen-bond acceptors (Lipinski definition) is 3. The first-order valence-electron chi connectivity index (χ1n) is 8.54. The van der Waals surface area contributed by atoms with Gasteiger partial charge >= 0.3 is 11.9 Å². The summed E-state index contributed by atoms with van der Waals surface area (Å²) >= 11 is 0. The third-order valence-electron chi connectivity index (χ3n) is 3.53. The van der Waals surface area contributed by atoms with Crippen molar-refractivity contribution in [3.05, 3.63) is 0 Å². The van der Waals surface area contributed by atoms with Crippen LogP contribution in [0, 0.1) is 0 Å². The molecule has 0 aromatic rings. The van der Waals surface area contributed by atoms with Crippen LogP contribution in [0.5, 0.6) is 0 Å². The van der Waals surface area contributed by atoms with Gasteiger partial charge in [-0.2, -0.15) is 0 Å². The minimum absolute atomic E-state index is 0.0621. The van der Waals surface area contributed by atoms with Gasteiger partial charge < -0.3 is 9.84 Å². The van der Waals surface area contributed by atoms with Crippen LogP contribution in [0.15, 0.2) is 0 Å². The monoisotopic (exact) mass is 300 g/mol. The van der Waals surface area contributed by atoms with Crippen LogP contribution in [0.1, 0.15) is 90.4 Å². The fourth-order valence-corrected chi connectivity index (χ4v) is 2.22. The Balaban J connectivity index is 3.16. The van der Waals surface area contributed by atoms with Gasteiger partial charge in [-0.25, -0.2) is 0 Å². The highest BCUT2D eigenvalue weighted by Crippen LogP contribution is 2.10. The zero-order chi connectivity index (χ0) is 15.8. The second-order valence-corrected chi connectivity index (χ2v) is 5.65. The summed E-state index contributed by atoms with van der Waals surface area (Å²) in [6.07, 6.45) is 12.4. The Morgan fingerprint density at radius 3 is 1.86 bits per heavy atom. The van der Waals surface area contributed by atoms with Crippen LogP contribution in [-0.2, 0) is 14.3 Å². The molecule has 0 heterocycles. The molecule has 4 heteroatoms. The third-order valence-corrected chi connectivity index (χ3v) is 3.53. The van der Waals surface area contributed by atoms with Crippen LogP contribution in [0.2, 0.25) is 0 Å². The molecular formula is C17H32O4. The lowest BCUT2D eigenvalue weighted by Crippen LogP contribution is -2.05. The number of carbonyl (C=O) groups excluding carboxylic acids is 1. The predicted molar refractivity (Wildman–Crippen MR) is 84.3 cm³/mol. The number of hydrogen-bond donors (Lipinski definition) is 1. The number of carbonyl (C=O) groups is 2. The molecule has 124 valence electrons. The van der Waals surface area contributed by atoms with Crippen molar-refractivity contribution in [1.29, 1.82) is 0 Å². The number of ether oxygens (including phenoxy) is 1. The molecule has 0 saturated carbocycles. The lowest BCUT2D eigenvalue weighted by molar-refractivity contribution is -0.144. The van der Waals surface area contributed by atoms with E-state index in [0.29, 0.717) is 13.0 Å². The lowest BCUT2D eigenvalue weighted by atomic mass is 10.1. The molecule has 0 radical (unpaired) electrons. The zero-order valence-electron chi connectivity index (χ0n) is 13.6. The maximum atomic E-state index is 11.4. The lowest BCUT2D eigenvalue weighted by Gasteiger charge is -2.04. The van der Waals surface area contributed by atoms with Gasteiger partial charge in [-0.3, -0.25) is 9.59 Å². The first kappa shape index (κ1) is 19.9. The maximum Gasteiger partial charge on any atom is 0.305 e. The Bertz CT molecular complexity index is 264. The molecule has 0 aliphatic carbocycles. The largest absolute Gasteiger partial charge is 0.481 e. The summed E-state index contributed by atoms with van der Waals surface area (Å²) in [5, 5.41) is 8.50. The second-order valence-electron chi connectivity index (χ2n) is 5.65. The number of aliphatic carboxylic acids is 1. The topological polar surface area (TPSA) is 63.6 Å². The van der Waals surface area contributed by atoms with Gasteiger partial charge in [-0.15, -0.1) is 0 Å². The molecule has 1 N–H and O–H groups in total. The summed E-state index contributed by atoms with van der Waals surface area (Å²) in [6, 6.07) is 0. The van der Waals surface area contributed by atoms with Gasteiger partial charge in [0.25, 0.3) is 0 Å². The van der Waals surface area contributed by atoms with Gasteiger partial charge in [-0.05, 0) is 19.3 Å². The first-order chi connectivity index (χ1) is 10.2. The quantitative estimate of drug-likeness (QED) is 0.351. The summed E-state index contributed by atoms with van der Waals surface area (Å²) in [6.45, 7) is 2.74. The molecule has 0 aromatic carbocycles. The fraction of sp³-hybridized carbons (Fsp3) is 0.882. The van der Waals surface area contributed by atoms with Gasteiger partial charge in [0.2, 0.25) is 0 Å². The highest BCUT2D eigenvalue weighted by Gasteiger charge is 2.02. The van der Waals surface area contributed by atoms with Crippen molar-refractivity contribution in [2.24, 2.45) is 0 Å². The van der Waals surface area contributed by atoms with Crippen molar-refractivity contribution >= 4 is 11.9 Å². The van der Waals surface area contributed by atoms with Crippen molar-refractivity contribution in [3.63, 3.8) is 0 Å². The average molecular weight is 300 g/mol. The minimum atomic E-state index is -0.705. The van der Waals surface area contributed by atoms with Crippen LogP contribution in [0.4, 0.5) is 0 Å². The van der Waals surface area contributed by atoms with Crippen molar-refractivity contribution in [3.8, 4) is 0 Å². The molecule has 21 heavy (non-hydrogen) atoms. The molecular weight excluding hydrogens is 268 g/mol. The van der Waals surface area contributed by atoms with Crippen molar-refractivity contribution in [1.82, 2.24) is 0 Å². The van der Waals surface area contributed by atoms with Gasteiger partial charge in [-0.1, -0.05) is 58.3 Å². The van der Waals surface area contributed by atoms with Crippen LogP contribution < -0.4 is 0 Å². The van der Waals surface area contributed by atoms with E-state index in [4.69, 9.17) is 9.84 Å². The molecule has 0 saturated heterocycles. The van der Waals surface area contributed by atoms with Crippen molar-refractivity contribution in [2.75, 3.05) is 6.61 Å². The van der Waals surface area contributed by atoms with E-state index in [1.54, 1.807) is 0 Å². The van der Waals surface area contributed by atoms with E-state index in [-0.39, 0.29) is 12.4 Å². The zero-order valence-corrected chi connectivity index (χ0v) is 13.6. The molecule has 0 rings (SSSR count). The third kappa shape index (κ3) is 16.9. The summed E-state index contributed by atoms with van der Waals surface area (Å²) in [5.41, 5.74) is 0. The highest BCUT2D eigenvalue weighted by atomic mass is 16.5. The van der Waals surface area contributed by atoms with Gasteiger partial charge in [0.15, 0.2) is 0 Å². The Kier molecular flexibility index (Phi) is 14.6. The van der Waals surface area contributed by atoms with Gasteiger partial charge in [0.05, 0.1) is 6.61 Å². The molecule has 4 nitrogen and oxygen atoms in total. The van der Waals surface area contributed by atoms with E-state index < -0.39 is 5.97 Å². The number of carboxylic acids is 1. The summed E-state index contributed by atoms with van der Waals surface area (Å²) in [4.78, 5) is 21.8. The SMILES string of the molecule is CCCCCCOC(=O)CCCCCCCCCC(=O)O. The van der Waals surface area contributed by atoms with Gasteiger partial charge in [0, 0.05) is 12.8 Å². The van der Waals surface area contributed by atoms with E-state index >= 15 is 0 Å². The molecule has 0 amide bonds. The van der Waals surface area contributed by atoms with E-state index in [1.165, 1.54) is 12.8 Å². The van der Waals surface area contributed by atoms with Crippen LogP contribution in [0.3, 0.4) is 0 Å². The normalized spacial score (nSPS) is 10.5. The highest BCUT2D eigenvalue weighted by molar-refractivity contribution is 5.69. The Morgan fingerprint density at radius 1 is 0.762 bits per heavy atom. The number of unbranched alkanes of at least 4 members (excludes halogenated alkanes) is 9. The number of esters is 1. The summed E-state index contributed by atoms with van der Waals surface area (Å²) in [5.74, 6) is -0.767. The fourth-order valence-electron chi connectivity index (χ4n) is 2.22. The smallest absolute Gasteiger partial charge is 0.305 e. The molecule has 0 fully saturated rings. The molecule has 0 atom stereocenters. The van der Waals surface area contributed by atoms with Gasteiger partial charge in [0.1, 0.15) is 0 Å². The molecule has 0 bridgehead atoms. The van der Waals surface area contributed by atoms with E-state index in [1.807, 2.05) is 0 Å². The predicted octanol–water partition coefficient (Wildman–Crippen LogP) is 4.71. The number of carboxylic acid groups (broad SMARTS) is 1. The Hall–Kier alpha value is -1.06. The number of rotatable bonds is 15. The van der Waals surface area contributed by atoms with E-state index in [2.05, 4.69) is 6.92 Å². The van der Waals surface area contributed by atoms with E-state index in [9.17, 15) is 9.59 Å². The Labute approximate surface area is 129 Å². The summed E-state index contributed by atoms with van der Waals surface area (Å²) in [7, 11) is 0. The minimum Gasteiger partial charge on any atom is -0.481 e. The molecule has 0 aromatic heterocycles. The molecule has 0 aliphatic rings. The second kappa shape index (κ2) is 15.3. The molecule has 0 spiro atoms. The van der Waals surface area contributed by atoms with E-state index in [0.717, 1.165) is 57.8 Å². The van der Waals surface area contributed by atoms with Crippen molar-refractivity contribution < 1.29 is 19.4 Å². The Morgan fingerprint density at radius 2 is 1.29 bits per heavy atom. The maximum absolute atomic E-state index is 11.4. The van der Waals surface area contributed by atoms with Crippen LogP contribution in [-0.4, -0.2) is 23.7 Å². The van der Waals surface area contributed by atoms with Crippen LogP contribution in [0.25, 0.3) is 0 Å². The molecule has 0 aliphatic heterocycles. The average Bonchev–Trinajstić information content (AvgIpc) is 2.45. The first-order valence-corrected chi connectivity index (χ1v) is 8.54. The summed E-state index contributed by atoms with van der Waals surface area (Å²) < 4.78 is 5.18. The standard InChI is InChI=1S/C17H32O4/c1-2-3-4-12-15-21-17(20)14-11-9-7-5-6-8-10-13-16(18)19/h2-15H2,1H3,(H,18,19). The van der Waals surface area contributed by atoms with Crippen LogP contribution >= 0.6 is 0 Å².